The number of benzene rings is 2. The Morgan fingerprint density at radius 3 is 2.27 bits per heavy atom. The summed E-state index contributed by atoms with van der Waals surface area (Å²) in [5.41, 5.74) is 5.07. The van der Waals surface area contributed by atoms with Crippen molar-refractivity contribution in [1.29, 1.82) is 0 Å². The molecule has 2 aromatic carbocycles. The molecule has 2 saturated carbocycles. The first-order valence-electron chi connectivity index (χ1n) is 13.3. The second-order valence-electron chi connectivity index (χ2n) is 10.6. The summed E-state index contributed by atoms with van der Waals surface area (Å²) in [6.07, 6.45) is 9.01. The summed E-state index contributed by atoms with van der Waals surface area (Å²) in [7, 11) is 3.89. The fourth-order valence-electron chi connectivity index (χ4n) is 5.52. The van der Waals surface area contributed by atoms with Crippen molar-refractivity contribution in [3.05, 3.63) is 71.9 Å². The molecule has 0 amide bonds. The van der Waals surface area contributed by atoms with Crippen LogP contribution in [-0.4, -0.2) is 40.8 Å². The molecule has 37 heavy (non-hydrogen) atoms. The third kappa shape index (κ3) is 4.68. The molecule has 2 heterocycles. The Morgan fingerprint density at radius 2 is 1.65 bits per heavy atom. The van der Waals surface area contributed by atoms with Gasteiger partial charge in [0.1, 0.15) is 17.3 Å². The van der Waals surface area contributed by atoms with Gasteiger partial charge in [-0.1, -0.05) is 43.5 Å². The van der Waals surface area contributed by atoms with Crippen molar-refractivity contribution in [3.8, 4) is 22.7 Å². The van der Waals surface area contributed by atoms with E-state index in [-0.39, 0.29) is 5.69 Å². The van der Waals surface area contributed by atoms with Crippen LogP contribution in [-0.2, 0) is 0 Å². The van der Waals surface area contributed by atoms with Crippen LogP contribution in [0.15, 0.2) is 60.7 Å². The number of aromatic nitrogens is 2. The van der Waals surface area contributed by atoms with Gasteiger partial charge < -0.3 is 19.3 Å². The highest BCUT2D eigenvalue weighted by Gasteiger charge is 2.24. The first kappa shape index (κ1) is 23.6. The number of fused-ring (bicyclic) bond motifs is 1. The van der Waals surface area contributed by atoms with Crippen LogP contribution in [0.3, 0.4) is 0 Å². The summed E-state index contributed by atoms with van der Waals surface area (Å²) in [4.78, 5) is 19.3. The van der Waals surface area contributed by atoms with Gasteiger partial charge in [0.15, 0.2) is 0 Å². The number of carboxylic acids is 1. The first-order chi connectivity index (χ1) is 18.0. The van der Waals surface area contributed by atoms with Gasteiger partial charge in [0, 0.05) is 30.7 Å². The molecule has 190 valence electrons. The maximum atomic E-state index is 12.3. The van der Waals surface area contributed by atoms with Crippen molar-refractivity contribution in [3.63, 3.8) is 0 Å². The maximum Gasteiger partial charge on any atom is 0.352 e. The molecule has 0 unspecified atom stereocenters. The molecular weight excluding hydrogens is 462 g/mol. The summed E-state index contributed by atoms with van der Waals surface area (Å²) >= 11 is 0. The highest BCUT2D eigenvalue weighted by molar-refractivity contribution is 6.01. The highest BCUT2D eigenvalue weighted by atomic mass is 16.5. The molecule has 6 heteroatoms. The zero-order valence-electron chi connectivity index (χ0n) is 21.5. The van der Waals surface area contributed by atoms with E-state index in [4.69, 9.17) is 9.72 Å². The van der Waals surface area contributed by atoms with E-state index in [9.17, 15) is 9.90 Å². The van der Waals surface area contributed by atoms with Crippen LogP contribution >= 0.6 is 0 Å². The molecule has 2 aliphatic carbocycles. The zero-order chi connectivity index (χ0) is 25.5. The lowest BCUT2D eigenvalue weighted by Gasteiger charge is -2.22. The van der Waals surface area contributed by atoms with Crippen molar-refractivity contribution in [2.24, 2.45) is 0 Å². The average molecular weight is 496 g/mol. The molecule has 0 radical (unpaired) electrons. The molecule has 0 spiro atoms. The van der Waals surface area contributed by atoms with Crippen LogP contribution in [0.2, 0.25) is 0 Å². The molecule has 0 aliphatic heterocycles. The summed E-state index contributed by atoms with van der Waals surface area (Å²) < 4.78 is 7.71. The number of nitrogens with zero attached hydrogens (tertiary/aromatic N) is 3. The van der Waals surface area contributed by atoms with Crippen molar-refractivity contribution in [1.82, 2.24) is 9.55 Å². The molecule has 1 N–H and O–H groups in total. The van der Waals surface area contributed by atoms with Gasteiger partial charge in [-0.15, -0.1) is 0 Å². The number of carbonyl (C=O) groups is 1. The predicted octanol–water partition coefficient (Wildman–Crippen LogP) is 7.05. The van der Waals surface area contributed by atoms with Gasteiger partial charge in [-0.3, -0.25) is 0 Å². The number of hydrogen-bond acceptors (Lipinski definition) is 4. The Balaban J connectivity index is 1.45. The number of carboxylic acid groups (broad SMARTS) is 1. The number of aromatic carboxylic acids is 1. The highest BCUT2D eigenvalue weighted by Crippen LogP contribution is 2.37. The number of pyridine rings is 1. The summed E-state index contributed by atoms with van der Waals surface area (Å²) in [6.45, 7) is 0. The standard InChI is InChI=1S/C31H33N3O3/c1-33(2)30-26-18-29(31(35)36)34(23-12-14-24(15-13-23)37-25-16-17-25)28(26)19-27(32-30)22-10-8-21(9-11-22)20-6-4-3-5-7-20/h8-15,18-20,25H,3-7,16-17H2,1-2H3,(H,35,36). The van der Waals surface area contributed by atoms with Gasteiger partial charge in [0.2, 0.25) is 0 Å². The number of hydrogen-bond donors (Lipinski definition) is 1. The molecule has 2 aromatic heterocycles. The Hall–Kier alpha value is -3.80. The molecule has 0 saturated heterocycles. The minimum absolute atomic E-state index is 0.209. The van der Waals surface area contributed by atoms with E-state index in [1.807, 2.05) is 53.9 Å². The average Bonchev–Trinajstić information content (AvgIpc) is 3.65. The van der Waals surface area contributed by atoms with E-state index < -0.39 is 5.97 Å². The summed E-state index contributed by atoms with van der Waals surface area (Å²) in [6, 6.07) is 20.2. The van der Waals surface area contributed by atoms with Crippen LogP contribution in [0.25, 0.3) is 27.8 Å². The molecule has 6 nitrogen and oxygen atoms in total. The van der Waals surface area contributed by atoms with Crippen LogP contribution < -0.4 is 9.64 Å². The third-order valence-corrected chi connectivity index (χ3v) is 7.63. The van der Waals surface area contributed by atoms with E-state index >= 15 is 0 Å². The predicted molar refractivity (Wildman–Crippen MR) is 147 cm³/mol. The van der Waals surface area contributed by atoms with E-state index in [0.29, 0.717) is 12.0 Å². The van der Waals surface area contributed by atoms with Crippen molar-refractivity contribution < 1.29 is 14.6 Å². The van der Waals surface area contributed by atoms with Gasteiger partial charge in [-0.05, 0) is 73.6 Å². The van der Waals surface area contributed by atoms with Crippen LogP contribution in [0.4, 0.5) is 5.82 Å². The van der Waals surface area contributed by atoms with E-state index in [1.165, 1.54) is 37.7 Å². The van der Waals surface area contributed by atoms with Crippen molar-refractivity contribution in [2.75, 3.05) is 19.0 Å². The molecular formula is C31H33N3O3. The number of anilines is 1. The van der Waals surface area contributed by atoms with Crippen LogP contribution in [0.5, 0.6) is 5.75 Å². The normalized spacial score (nSPS) is 16.2. The van der Waals surface area contributed by atoms with Crippen molar-refractivity contribution in [2.45, 2.75) is 57.0 Å². The molecule has 6 rings (SSSR count). The minimum Gasteiger partial charge on any atom is -0.490 e. The SMILES string of the molecule is CN(C)c1nc(-c2ccc(C3CCCCC3)cc2)cc2c1cc(C(=O)O)n2-c1ccc(OC2CC2)cc1. The van der Waals surface area contributed by atoms with Gasteiger partial charge in [0.25, 0.3) is 0 Å². The molecule has 4 aromatic rings. The summed E-state index contributed by atoms with van der Waals surface area (Å²) in [5, 5.41) is 10.9. The summed E-state index contributed by atoms with van der Waals surface area (Å²) in [5.74, 6) is 1.24. The van der Waals surface area contributed by atoms with Crippen molar-refractivity contribution >= 4 is 22.7 Å². The lowest BCUT2D eigenvalue weighted by molar-refractivity contribution is 0.0688. The topological polar surface area (TPSA) is 67.6 Å². The quantitative estimate of drug-likeness (QED) is 0.298. The second-order valence-corrected chi connectivity index (χ2v) is 10.6. The Bertz CT molecular complexity index is 1430. The molecule has 0 atom stereocenters. The van der Waals surface area contributed by atoms with Gasteiger partial charge in [-0.25, -0.2) is 9.78 Å². The largest absolute Gasteiger partial charge is 0.490 e. The minimum atomic E-state index is -0.974. The lowest BCUT2D eigenvalue weighted by Crippen LogP contribution is -2.11. The molecule has 2 fully saturated rings. The Labute approximate surface area is 217 Å². The van der Waals surface area contributed by atoms with Gasteiger partial charge in [0.05, 0.1) is 17.3 Å². The van der Waals surface area contributed by atoms with E-state index in [0.717, 1.165) is 52.3 Å². The fraction of sp³-hybridized carbons (Fsp3) is 0.355. The monoisotopic (exact) mass is 495 g/mol. The zero-order valence-corrected chi connectivity index (χ0v) is 21.5. The smallest absolute Gasteiger partial charge is 0.352 e. The molecule has 0 bridgehead atoms. The second kappa shape index (κ2) is 9.58. The Morgan fingerprint density at radius 1 is 0.946 bits per heavy atom. The lowest BCUT2D eigenvalue weighted by atomic mass is 9.84. The third-order valence-electron chi connectivity index (χ3n) is 7.63. The number of rotatable bonds is 7. The van der Waals surface area contributed by atoms with Gasteiger partial charge >= 0.3 is 5.97 Å². The van der Waals surface area contributed by atoms with Crippen LogP contribution in [0.1, 0.15) is 66.9 Å². The number of ether oxygens (including phenoxy) is 1. The van der Waals surface area contributed by atoms with E-state index in [1.54, 1.807) is 6.07 Å². The Kier molecular flexibility index (Phi) is 6.11. The fourth-order valence-corrected chi connectivity index (χ4v) is 5.52. The first-order valence-corrected chi connectivity index (χ1v) is 13.3. The maximum absolute atomic E-state index is 12.3. The van der Waals surface area contributed by atoms with Crippen LogP contribution in [0, 0.1) is 0 Å². The van der Waals surface area contributed by atoms with Gasteiger partial charge in [-0.2, -0.15) is 0 Å². The molecule has 2 aliphatic rings. The van der Waals surface area contributed by atoms with E-state index in [2.05, 4.69) is 24.3 Å².